The molecule has 0 radical (unpaired) electrons. The van der Waals surface area contributed by atoms with Gasteiger partial charge in [0.2, 0.25) is 11.8 Å². The smallest absolute Gasteiger partial charge is 0.239 e. The predicted molar refractivity (Wildman–Crippen MR) is 85.3 cm³/mol. The first-order valence-corrected chi connectivity index (χ1v) is 7.90. The van der Waals surface area contributed by atoms with Crippen molar-refractivity contribution >= 4 is 17.6 Å². The van der Waals surface area contributed by atoms with Gasteiger partial charge in [0, 0.05) is 24.4 Å². The minimum Gasteiger partial charge on any atom is -0.494 e. The Balaban J connectivity index is 1.68. The summed E-state index contributed by atoms with van der Waals surface area (Å²) in [5, 5.41) is 5.31. The topological polar surface area (TPSA) is 84.5 Å². The van der Waals surface area contributed by atoms with Gasteiger partial charge in [-0.05, 0) is 44.0 Å². The van der Waals surface area contributed by atoms with Gasteiger partial charge in [0.15, 0.2) is 5.78 Å². The van der Waals surface area contributed by atoms with E-state index in [2.05, 4.69) is 10.6 Å². The van der Waals surface area contributed by atoms with Crippen molar-refractivity contribution in [2.24, 2.45) is 0 Å². The number of Topliss-reactive ketones (excluding diaryl/α,β-unsaturated/α-hetero) is 1. The summed E-state index contributed by atoms with van der Waals surface area (Å²) in [6.07, 6.45) is 2.21. The summed E-state index contributed by atoms with van der Waals surface area (Å²) in [6, 6.07) is 7.13. The van der Waals surface area contributed by atoms with Crippen LogP contribution in [0.4, 0.5) is 0 Å². The van der Waals surface area contributed by atoms with Crippen LogP contribution in [-0.4, -0.2) is 36.8 Å². The van der Waals surface area contributed by atoms with Crippen LogP contribution >= 0.6 is 0 Å². The number of hydrogen-bond donors (Lipinski definition) is 2. The van der Waals surface area contributed by atoms with Crippen LogP contribution in [0.2, 0.25) is 0 Å². The Morgan fingerprint density at radius 2 is 1.78 bits per heavy atom. The van der Waals surface area contributed by atoms with Crippen molar-refractivity contribution in [1.29, 1.82) is 0 Å². The molecule has 124 valence electrons. The molecule has 0 spiro atoms. The maximum absolute atomic E-state index is 12.0. The molecular weight excluding hydrogens is 296 g/mol. The summed E-state index contributed by atoms with van der Waals surface area (Å²) >= 11 is 0. The van der Waals surface area contributed by atoms with Gasteiger partial charge in [0.1, 0.15) is 5.75 Å². The van der Waals surface area contributed by atoms with Crippen LogP contribution in [0.25, 0.3) is 0 Å². The standard InChI is InChI=1S/C17H22N2O4/c1-2-23-14-7-3-12(4-8-14)15(20)9-10-16(21)18-11-17(22)19-13-5-6-13/h3-4,7-8,13H,2,5-6,9-11H2,1H3,(H,18,21)(H,19,22). The Morgan fingerprint density at radius 3 is 2.39 bits per heavy atom. The zero-order chi connectivity index (χ0) is 16.7. The Morgan fingerprint density at radius 1 is 1.09 bits per heavy atom. The van der Waals surface area contributed by atoms with Gasteiger partial charge in [0.05, 0.1) is 13.2 Å². The lowest BCUT2D eigenvalue weighted by Gasteiger charge is -2.06. The van der Waals surface area contributed by atoms with E-state index >= 15 is 0 Å². The molecule has 1 aromatic rings. The van der Waals surface area contributed by atoms with Crippen molar-refractivity contribution in [3.63, 3.8) is 0 Å². The molecule has 0 heterocycles. The number of rotatable bonds is 9. The second-order valence-electron chi connectivity index (χ2n) is 5.50. The van der Waals surface area contributed by atoms with Gasteiger partial charge in [0.25, 0.3) is 0 Å². The minimum atomic E-state index is -0.296. The summed E-state index contributed by atoms with van der Waals surface area (Å²) in [6.45, 7) is 2.43. The zero-order valence-electron chi connectivity index (χ0n) is 13.3. The van der Waals surface area contributed by atoms with Gasteiger partial charge in [-0.15, -0.1) is 0 Å². The monoisotopic (exact) mass is 318 g/mol. The Labute approximate surface area is 135 Å². The van der Waals surface area contributed by atoms with Crippen molar-refractivity contribution in [1.82, 2.24) is 10.6 Å². The van der Waals surface area contributed by atoms with Crippen LogP contribution in [0.15, 0.2) is 24.3 Å². The number of amides is 2. The molecule has 0 aromatic heterocycles. The molecular formula is C17H22N2O4. The summed E-state index contributed by atoms with van der Waals surface area (Å²) in [7, 11) is 0. The van der Waals surface area contributed by atoms with Gasteiger partial charge < -0.3 is 15.4 Å². The highest BCUT2D eigenvalue weighted by atomic mass is 16.5. The van der Waals surface area contributed by atoms with Crippen molar-refractivity contribution in [2.75, 3.05) is 13.2 Å². The molecule has 0 aliphatic heterocycles. The highest BCUT2D eigenvalue weighted by Crippen LogP contribution is 2.18. The van der Waals surface area contributed by atoms with Crippen molar-refractivity contribution in [2.45, 2.75) is 38.6 Å². The van der Waals surface area contributed by atoms with E-state index < -0.39 is 0 Å². The Hall–Kier alpha value is -2.37. The van der Waals surface area contributed by atoms with Crippen molar-refractivity contribution < 1.29 is 19.1 Å². The van der Waals surface area contributed by atoms with Crippen LogP contribution in [0.5, 0.6) is 5.75 Å². The summed E-state index contributed by atoms with van der Waals surface area (Å²) in [5.74, 6) is 0.128. The molecule has 2 amide bonds. The first-order chi connectivity index (χ1) is 11.1. The quantitative estimate of drug-likeness (QED) is 0.675. The molecule has 0 atom stereocenters. The molecule has 2 rings (SSSR count). The average Bonchev–Trinajstić information content (AvgIpc) is 3.35. The zero-order valence-corrected chi connectivity index (χ0v) is 13.3. The third-order valence-corrected chi connectivity index (χ3v) is 3.45. The second kappa shape index (κ2) is 8.31. The molecule has 6 nitrogen and oxygen atoms in total. The first kappa shape index (κ1) is 17.0. The molecule has 2 N–H and O–H groups in total. The van der Waals surface area contributed by atoms with E-state index in [4.69, 9.17) is 4.74 Å². The summed E-state index contributed by atoms with van der Waals surface area (Å²) < 4.78 is 5.31. The molecule has 1 aliphatic carbocycles. The molecule has 0 unspecified atom stereocenters. The van der Waals surface area contributed by atoms with Crippen LogP contribution < -0.4 is 15.4 Å². The average molecular weight is 318 g/mol. The summed E-state index contributed by atoms with van der Waals surface area (Å²) in [4.78, 5) is 35.1. The lowest BCUT2D eigenvalue weighted by atomic mass is 10.1. The number of hydrogen-bond acceptors (Lipinski definition) is 4. The van der Waals surface area contributed by atoms with E-state index in [1.165, 1.54) is 0 Å². The molecule has 1 saturated carbocycles. The first-order valence-electron chi connectivity index (χ1n) is 7.90. The SMILES string of the molecule is CCOc1ccc(C(=O)CCC(=O)NCC(=O)NC2CC2)cc1. The molecule has 23 heavy (non-hydrogen) atoms. The molecule has 0 bridgehead atoms. The third-order valence-electron chi connectivity index (χ3n) is 3.45. The fraction of sp³-hybridized carbons (Fsp3) is 0.471. The molecule has 1 aliphatic rings. The number of ketones is 1. The van der Waals surface area contributed by atoms with E-state index in [1.54, 1.807) is 24.3 Å². The van der Waals surface area contributed by atoms with Crippen molar-refractivity contribution in [3.05, 3.63) is 29.8 Å². The fourth-order valence-corrected chi connectivity index (χ4v) is 2.05. The van der Waals surface area contributed by atoms with E-state index in [-0.39, 0.29) is 43.0 Å². The third kappa shape index (κ3) is 6.10. The molecule has 1 aromatic carbocycles. The lowest BCUT2D eigenvalue weighted by molar-refractivity contribution is -0.126. The van der Waals surface area contributed by atoms with Crippen LogP contribution in [0.3, 0.4) is 0 Å². The molecule has 6 heteroatoms. The highest BCUT2D eigenvalue weighted by molar-refractivity contribution is 5.98. The minimum absolute atomic E-state index is 0.0351. The van der Waals surface area contributed by atoms with Crippen LogP contribution in [0.1, 0.15) is 43.0 Å². The normalized spacial score (nSPS) is 13.3. The van der Waals surface area contributed by atoms with Crippen LogP contribution in [-0.2, 0) is 9.59 Å². The summed E-state index contributed by atoms with van der Waals surface area (Å²) in [5.41, 5.74) is 0.549. The number of benzene rings is 1. The molecule has 1 fully saturated rings. The van der Waals surface area contributed by atoms with Gasteiger partial charge in [-0.2, -0.15) is 0 Å². The van der Waals surface area contributed by atoms with Crippen molar-refractivity contribution in [3.8, 4) is 5.75 Å². The van der Waals surface area contributed by atoms with E-state index in [1.807, 2.05) is 6.92 Å². The fourth-order valence-electron chi connectivity index (χ4n) is 2.05. The highest BCUT2D eigenvalue weighted by Gasteiger charge is 2.23. The Bertz CT molecular complexity index is 564. The van der Waals surface area contributed by atoms with Gasteiger partial charge >= 0.3 is 0 Å². The second-order valence-corrected chi connectivity index (χ2v) is 5.50. The van der Waals surface area contributed by atoms with E-state index in [9.17, 15) is 14.4 Å². The van der Waals surface area contributed by atoms with Gasteiger partial charge in [-0.3, -0.25) is 14.4 Å². The largest absolute Gasteiger partial charge is 0.494 e. The Kier molecular flexibility index (Phi) is 6.14. The van der Waals surface area contributed by atoms with E-state index in [0.717, 1.165) is 12.8 Å². The van der Waals surface area contributed by atoms with Crippen LogP contribution in [0, 0.1) is 0 Å². The predicted octanol–water partition coefficient (Wildman–Crippen LogP) is 1.44. The number of nitrogens with one attached hydrogen (secondary N) is 2. The van der Waals surface area contributed by atoms with Gasteiger partial charge in [-0.25, -0.2) is 0 Å². The maximum atomic E-state index is 12.0. The van der Waals surface area contributed by atoms with E-state index in [0.29, 0.717) is 17.9 Å². The number of carbonyl (C=O) groups excluding carboxylic acids is 3. The maximum Gasteiger partial charge on any atom is 0.239 e. The van der Waals surface area contributed by atoms with Gasteiger partial charge in [-0.1, -0.05) is 0 Å². The molecule has 0 saturated heterocycles. The lowest BCUT2D eigenvalue weighted by Crippen LogP contribution is -2.37. The number of carbonyl (C=O) groups is 3. The number of ether oxygens (including phenoxy) is 1.